The summed E-state index contributed by atoms with van der Waals surface area (Å²) in [4.78, 5) is 28.1. The summed E-state index contributed by atoms with van der Waals surface area (Å²) < 4.78 is 0. The minimum absolute atomic E-state index is 0.124. The third-order valence-electron chi connectivity index (χ3n) is 3.53. The number of hydrogen-bond acceptors (Lipinski definition) is 4. The average molecular weight is 366 g/mol. The van der Waals surface area contributed by atoms with Gasteiger partial charge < -0.3 is 16.0 Å². The molecule has 0 aliphatic carbocycles. The van der Waals surface area contributed by atoms with E-state index < -0.39 is 6.03 Å². The highest BCUT2D eigenvalue weighted by atomic mass is 32.1. The predicted octanol–water partition coefficient (Wildman–Crippen LogP) is 3.25. The smallest absolute Gasteiger partial charge is 0.315 e. The zero-order chi connectivity index (χ0) is 18.2. The minimum Gasteiger partial charge on any atom is -0.334 e. The van der Waals surface area contributed by atoms with Crippen molar-refractivity contribution in [3.8, 4) is 11.3 Å². The number of aromatic nitrogens is 1. The van der Waals surface area contributed by atoms with Crippen LogP contribution in [0.15, 0.2) is 66.0 Å². The number of carbonyl (C=O) groups excluding carboxylic acids is 2. The van der Waals surface area contributed by atoms with Crippen LogP contribution in [0, 0.1) is 0 Å². The van der Waals surface area contributed by atoms with Gasteiger partial charge in [-0.3, -0.25) is 4.79 Å². The van der Waals surface area contributed by atoms with Gasteiger partial charge in [0, 0.05) is 17.5 Å². The van der Waals surface area contributed by atoms with Gasteiger partial charge >= 0.3 is 6.03 Å². The van der Waals surface area contributed by atoms with Crippen LogP contribution < -0.4 is 16.0 Å². The van der Waals surface area contributed by atoms with Crippen LogP contribution in [0.25, 0.3) is 11.3 Å². The number of rotatable bonds is 6. The van der Waals surface area contributed by atoms with Crippen molar-refractivity contribution in [2.75, 3.05) is 11.9 Å². The Kier molecular flexibility index (Phi) is 5.95. The van der Waals surface area contributed by atoms with Crippen molar-refractivity contribution in [3.05, 3.63) is 71.6 Å². The number of urea groups is 1. The SMILES string of the molecule is O=C(CNC(=O)NCc1ccccc1)Nc1nc(-c2ccccc2)cs1. The van der Waals surface area contributed by atoms with Gasteiger partial charge in [0.05, 0.1) is 12.2 Å². The van der Waals surface area contributed by atoms with Gasteiger partial charge in [0.25, 0.3) is 0 Å². The number of benzene rings is 2. The Bertz CT molecular complexity index is 866. The molecular formula is C19H18N4O2S. The van der Waals surface area contributed by atoms with Crippen LogP contribution in [0.3, 0.4) is 0 Å². The van der Waals surface area contributed by atoms with Gasteiger partial charge in [-0.2, -0.15) is 0 Å². The third-order valence-corrected chi connectivity index (χ3v) is 4.28. The molecule has 132 valence electrons. The van der Waals surface area contributed by atoms with Crippen LogP contribution in [-0.4, -0.2) is 23.5 Å². The van der Waals surface area contributed by atoms with E-state index in [0.29, 0.717) is 11.7 Å². The lowest BCUT2D eigenvalue weighted by atomic mass is 10.2. The van der Waals surface area contributed by atoms with Crippen LogP contribution in [0.1, 0.15) is 5.56 Å². The molecule has 0 fully saturated rings. The number of hydrogen-bond donors (Lipinski definition) is 3. The van der Waals surface area contributed by atoms with Gasteiger partial charge in [-0.15, -0.1) is 11.3 Å². The van der Waals surface area contributed by atoms with E-state index in [9.17, 15) is 9.59 Å². The van der Waals surface area contributed by atoms with Gasteiger partial charge in [-0.1, -0.05) is 60.7 Å². The molecule has 0 radical (unpaired) electrons. The van der Waals surface area contributed by atoms with Gasteiger partial charge in [-0.25, -0.2) is 9.78 Å². The predicted molar refractivity (Wildman–Crippen MR) is 103 cm³/mol. The highest BCUT2D eigenvalue weighted by molar-refractivity contribution is 7.14. The fourth-order valence-electron chi connectivity index (χ4n) is 2.24. The van der Waals surface area contributed by atoms with Gasteiger partial charge in [0.1, 0.15) is 0 Å². The molecule has 0 unspecified atom stereocenters. The summed E-state index contributed by atoms with van der Waals surface area (Å²) in [5.74, 6) is -0.325. The van der Waals surface area contributed by atoms with E-state index in [4.69, 9.17) is 0 Å². The van der Waals surface area contributed by atoms with Crippen molar-refractivity contribution in [1.29, 1.82) is 0 Å². The maximum atomic E-state index is 11.9. The Labute approximate surface area is 155 Å². The van der Waals surface area contributed by atoms with E-state index in [1.54, 1.807) is 0 Å². The Hall–Kier alpha value is -3.19. The molecule has 3 N–H and O–H groups in total. The molecule has 1 aromatic heterocycles. The first kappa shape index (κ1) is 17.6. The number of thiazole rings is 1. The molecule has 0 aliphatic rings. The highest BCUT2D eigenvalue weighted by Gasteiger charge is 2.09. The summed E-state index contributed by atoms with van der Waals surface area (Å²) in [6.45, 7) is 0.280. The Morgan fingerprint density at radius 3 is 2.35 bits per heavy atom. The van der Waals surface area contributed by atoms with Crippen LogP contribution in [0.5, 0.6) is 0 Å². The molecule has 2 aromatic carbocycles. The minimum atomic E-state index is -0.395. The topological polar surface area (TPSA) is 83.1 Å². The van der Waals surface area contributed by atoms with Crippen LogP contribution in [0.4, 0.5) is 9.93 Å². The molecule has 0 saturated carbocycles. The summed E-state index contributed by atoms with van der Waals surface area (Å²) in [6.07, 6.45) is 0. The number of carbonyl (C=O) groups is 2. The number of amides is 3. The normalized spacial score (nSPS) is 10.2. The number of nitrogens with zero attached hydrogens (tertiary/aromatic N) is 1. The fourth-order valence-corrected chi connectivity index (χ4v) is 2.97. The van der Waals surface area contributed by atoms with E-state index in [1.165, 1.54) is 11.3 Å². The van der Waals surface area contributed by atoms with Crippen molar-refractivity contribution in [3.63, 3.8) is 0 Å². The lowest BCUT2D eigenvalue weighted by Crippen LogP contribution is -2.39. The lowest BCUT2D eigenvalue weighted by molar-refractivity contribution is -0.115. The van der Waals surface area contributed by atoms with E-state index in [2.05, 4.69) is 20.9 Å². The zero-order valence-electron chi connectivity index (χ0n) is 13.9. The first-order valence-electron chi connectivity index (χ1n) is 8.07. The van der Waals surface area contributed by atoms with Crippen molar-refractivity contribution in [2.45, 2.75) is 6.54 Å². The molecule has 0 spiro atoms. The van der Waals surface area contributed by atoms with E-state index in [0.717, 1.165) is 16.8 Å². The quantitative estimate of drug-likeness (QED) is 0.626. The Balaban J connectivity index is 1.43. The van der Waals surface area contributed by atoms with Crippen molar-refractivity contribution in [1.82, 2.24) is 15.6 Å². The standard InChI is InChI=1S/C19H18N4O2S/c24-17(12-21-18(25)20-11-14-7-3-1-4-8-14)23-19-22-16(13-26-19)15-9-5-2-6-10-15/h1-10,13H,11-12H2,(H2,20,21,25)(H,22,23,24). The molecule has 26 heavy (non-hydrogen) atoms. The monoisotopic (exact) mass is 366 g/mol. The fraction of sp³-hybridized carbons (Fsp3) is 0.105. The molecule has 0 saturated heterocycles. The summed E-state index contributed by atoms with van der Waals surface area (Å²) in [6, 6.07) is 18.9. The maximum absolute atomic E-state index is 11.9. The molecular weight excluding hydrogens is 348 g/mol. The van der Waals surface area contributed by atoms with Gasteiger partial charge in [0.2, 0.25) is 5.91 Å². The molecule has 0 atom stereocenters. The first-order chi connectivity index (χ1) is 12.7. The summed E-state index contributed by atoms with van der Waals surface area (Å²) in [5, 5.41) is 10.3. The molecule has 3 aromatic rings. The van der Waals surface area contributed by atoms with Crippen molar-refractivity contribution >= 4 is 28.4 Å². The van der Waals surface area contributed by atoms with Crippen LogP contribution >= 0.6 is 11.3 Å². The van der Waals surface area contributed by atoms with Gasteiger partial charge in [0.15, 0.2) is 5.13 Å². The second kappa shape index (κ2) is 8.77. The van der Waals surface area contributed by atoms with E-state index in [-0.39, 0.29) is 12.5 Å². The molecule has 3 rings (SSSR count). The third kappa shape index (κ3) is 5.15. The molecule has 7 heteroatoms. The summed E-state index contributed by atoms with van der Waals surface area (Å²) in [5.41, 5.74) is 2.78. The Morgan fingerprint density at radius 2 is 1.62 bits per heavy atom. The van der Waals surface area contributed by atoms with Crippen molar-refractivity contribution < 1.29 is 9.59 Å². The molecule has 1 heterocycles. The van der Waals surface area contributed by atoms with Crippen LogP contribution in [-0.2, 0) is 11.3 Å². The second-order valence-corrected chi connectivity index (χ2v) is 6.33. The maximum Gasteiger partial charge on any atom is 0.315 e. The number of anilines is 1. The number of nitrogens with one attached hydrogen (secondary N) is 3. The van der Waals surface area contributed by atoms with E-state index in [1.807, 2.05) is 66.0 Å². The van der Waals surface area contributed by atoms with E-state index >= 15 is 0 Å². The average Bonchev–Trinajstić information content (AvgIpc) is 3.15. The lowest BCUT2D eigenvalue weighted by Gasteiger charge is -2.07. The van der Waals surface area contributed by atoms with Gasteiger partial charge in [-0.05, 0) is 5.56 Å². The van der Waals surface area contributed by atoms with Crippen LogP contribution in [0.2, 0.25) is 0 Å². The highest BCUT2D eigenvalue weighted by Crippen LogP contribution is 2.24. The molecule has 0 aliphatic heterocycles. The van der Waals surface area contributed by atoms with Crippen molar-refractivity contribution in [2.24, 2.45) is 0 Å². The Morgan fingerprint density at radius 1 is 0.923 bits per heavy atom. The summed E-state index contributed by atoms with van der Waals surface area (Å²) >= 11 is 1.34. The molecule has 0 bridgehead atoms. The molecule has 6 nitrogen and oxygen atoms in total. The first-order valence-corrected chi connectivity index (χ1v) is 8.95. The largest absolute Gasteiger partial charge is 0.334 e. The second-order valence-electron chi connectivity index (χ2n) is 5.47. The molecule has 3 amide bonds. The summed E-state index contributed by atoms with van der Waals surface area (Å²) in [7, 11) is 0. The zero-order valence-corrected chi connectivity index (χ0v) is 14.8.